The smallest absolute Gasteiger partial charge is 0.320 e. The Hall–Kier alpha value is -2.86. The van der Waals surface area contributed by atoms with Crippen molar-refractivity contribution in [1.82, 2.24) is 19.6 Å². The first-order chi connectivity index (χ1) is 15.7. The van der Waals surface area contributed by atoms with Crippen molar-refractivity contribution in [3.05, 3.63) is 71.3 Å². The number of benzene rings is 2. The largest absolute Gasteiger partial charge is 0.329 e. The van der Waals surface area contributed by atoms with E-state index in [1.165, 1.54) is 5.56 Å². The molecule has 0 aromatic heterocycles. The van der Waals surface area contributed by atoms with Gasteiger partial charge in [-0.15, -0.1) is 0 Å². The standard InChI is InChI=1S/C26H30N4O2/c31-25-24-9-5-4-8-21(24)14-30(25)23-17-28(18-23)22-15-29(16-22)26(32)27-12-10-20(11-13-27)19-6-2-1-3-7-19/h1-9,20,22-23H,10-18H2. The zero-order chi connectivity index (χ0) is 21.7. The minimum absolute atomic E-state index is 0.176. The average Bonchev–Trinajstić information content (AvgIpc) is 3.11. The van der Waals surface area contributed by atoms with Gasteiger partial charge in [0.1, 0.15) is 0 Å². The molecule has 2 aromatic rings. The van der Waals surface area contributed by atoms with Crippen molar-refractivity contribution in [2.75, 3.05) is 39.3 Å². The van der Waals surface area contributed by atoms with Crippen LogP contribution in [-0.2, 0) is 6.54 Å². The van der Waals surface area contributed by atoms with Gasteiger partial charge in [-0.25, -0.2) is 4.79 Å². The van der Waals surface area contributed by atoms with Crippen LogP contribution in [0.5, 0.6) is 0 Å². The summed E-state index contributed by atoms with van der Waals surface area (Å²) in [4.78, 5) is 34.1. The lowest BCUT2D eigenvalue weighted by Crippen LogP contribution is -2.71. The highest BCUT2D eigenvalue weighted by atomic mass is 16.2. The number of urea groups is 1. The minimum Gasteiger partial charge on any atom is -0.329 e. The molecule has 0 unspecified atom stereocenters. The van der Waals surface area contributed by atoms with Crippen molar-refractivity contribution >= 4 is 11.9 Å². The lowest BCUT2D eigenvalue weighted by molar-refractivity contribution is -0.0360. The van der Waals surface area contributed by atoms with Crippen molar-refractivity contribution in [1.29, 1.82) is 0 Å². The monoisotopic (exact) mass is 430 g/mol. The van der Waals surface area contributed by atoms with Gasteiger partial charge in [-0.1, -0.05) is 48.5 Å². The number of hydrogen-bond acceptors (Lipinski definition) is 3. The molecule has 3 saturated heterocycles. The van der Waals surface area contributed by atoms with Crippen LogP contribution in [0.4, 0.5) is 4.79 Å². The Balaban J connectivity index is 0.952. The number of amides is 3. The van der Waals surface area contributed by atoms with Gasteiger partial charge in [0.15, 0.2) is 0 Å². The van der Waals surface area contributed by atoms with E-state index in [4.69, 9.17) is 0 Å². The first-order valence-corrected chi connectivity index (χ1v) is 11.9. The van der Waals surface area contributed by atoms with E-state index in [0.29, 0.717) is 18.0 Å². The Bertz CT molecular complexity index is 1010. The van der Waals surface area contributed by atoms with Gasteiger partial charge in [0.25, 0.3) is 5.91 Å². The molecule has 166 valence electrons. The molecule has 4 heterocycles. The maximum absolute atomic E-state index is 12.9. The molecule has 6 nitrogen and oxygen atoms in total. The fraction of sp³-hybridized carbons (Fsp3) is 0.462. The quantitative estimate of drug-likeness (QED) is 0.752. The molecule has 6 heteroatoms. The van der Waals surface area contributed by atoms with Crippen molar-refractivity contribution in [2.45, 2.75) is 37.4 Å². The van der Waals surface area contributed by atoms with Crippen molar-refractivity contribution in [3.63, 3.8) is 0 Å². The number of piperidine rings is 1. The van der Waals surface area contributed by atoms with Crippen LogP contribution in [0.15, 0.2) is 54.6 Å². The molecule has 0 aliphatic carbocycles. The summed E-state index contributed by atoms with van der Waals surface area (Å²) in [5, 5.41) is 0. The van der Waals surface area contributed by atoms with Crippen LogP contribution in [0.3, 0.4) is 0 Å². The summed E-state index contributed by atoms with van der Waals surface area (Å²) < 4.78 is 0. The third-order valence-electron chi connectivity index (χ3n) is 7.87. The van der Waals surface area contributed by atoms with Crippen LogP contribution in [0.2, 0.25) is 0 Å². The van der Waals surface area contributed by atoms with Gasteiger partial charge in [0, 0.05) is 57.4 Å². The molecule has 0 N–H and O–H groups in total. The fourth-order valence-electron chi connectivity index (χ4n) is 5.73. The molecule has 0 radical (unpaired) electrons. The zero-order valence-corrected chi connectivity index (χ0v) is 18.4. The summed E-state index contributed by atoms with van der Waals surface area (Å²) in [7, 11) is 0. The number of likely N-dealkylation sites (tertiary alicyclic amines) is 3. The van der Waals surface area contributed by atoms with Gasteiger partial charge in [-0.2, -0.15) is 0 Å². The van der Waals surface area contributed by atoms with E-state index in [2.05, 4.69) is 41.3 Å². The van der Waals surface area contributed by atoms with Gasteiger partial charge in [-0.05, 0) is 36.0 Å². The van der Waals surface area contributed by atoms with E-state index in [0.717, 1.165) is 69.8 Å². The lowest BCUT2D eigenvalue weighted by atomic mass is 9.89. The van der Waals surface area contributed by atoms with Crippen molar-refractivity contribution < 1.29 is 9.59 Å². The third-order valence-corrected chi connectivity index (χ3v) is 7.87. The van der Waals surface area contributed by atoms with Crippen molar-refractivity contribution in [2.24, 2.45) is 0 Å². The van der Waals surface area contributed by atoms with E-state index in [1.54, 1.807) is 0 Å². The molecular formula is C26H30N4O2. The first kappa shape index (κ1) is 19.8. The second-order valence-electron chi connectivity index (χ2n) is 9.71. The Kier molecular flexibility index (Phi) is 4.90. The number of hydrogen-bond donors (Lipinski definition) is 0. The van der Waals surface area contributed by atoms with Gasteiger partial charge in [0.2, 0.25) is 0 Å². The molecular weight excluding hydrogens is 400 g/mol. The van der Waals surface area contributed by atoms with Gasteiger partial charge in [0.05, 0.1) is 6.04 Å². The van der Waals surface area contributed by atoms with Gasteiger partial charge >= 0.3 is 6.03 Å². The summed E-state index contributed by atoms with van der Waals surface area (Å²) >= 11 is 0. The molecule has 3 amide bonds. The van der Waals surface area contributed by atoms with Crippen molar-refractivity contribution in [3.8, 4) is 0 Å². The highest BCUT2D eigenvalue weighted by molar-refractivity contribution is 5.98. The number of nitrogens with zero attached hydrogens (tertiary/aromatic N) is 4. The normalized spacial score (nSPS) is 22.6. The Labute approximate surface area is 189 Å². The molecule has 0 saturated carbocycles. The molecule has 6 rings (SSSR count). The second-order valence-corrected chi connectivity index (χ2v) is 9.71. The molecule has 0 bridgehead atoms. The van der Waals surface area contributed by atoms with E-state index >= 15 is 0 Å². The Morgan fingerprint density at radius 3 is 2.19 bits per heavy atom. The van der Waals surface area contributed by atoms with E-state index in [-0.39, 0.29) is 11.9 Å². The van der Waals surface area contributed by atoms with E-state index < -0.39 is 0 Å². The topological polar surface area (TPSA) is 47.1 Å². The van der Waals surface area contributed by atoms with Gasteiger partial charge in [-0.3, -0.25) is 9.69 Å². The van der Waals surface area contributed by atoms with Crippen LogP contribution >= 0.6 is 0 Å². The van der Waals surface area contributed by atoms with E-state index in [1.807, 2.05) is 32.9 Å². The zero-order valence-electron chi connectivity index (χ0n) is 18.4. The molecule has 0 spiro atoms. The summed E-state index contributed by atoms with van der Waals surface area (Å²) in [6.45, 7) is 5.92. The summed E-state index contributed by atoms with van der Waals surface area (Å²) in [6.07, 6.45) is 2.10. The maximum Gasteiger partial charge on any atom is 0.320 e. The van der Waals surface area contributed by atoms with Crippen LogP contribution in [0.1, 0.15) is 40.2 Å². The highest BCUT2D eigenvalue weighted by Crippen LogP contribution is 2.32. The number of carbonyl (C=O) groups excluding carboxylic acids is 2. The first-order valence-electron chi connectivity index (χ1n) is 11.9. The van der Waals surface area contributed by atoms with Crippen LogP contribution in [0, 0.1) is 0 Å². The SMILES string of the molecule is O=C(N1CCC(c2ccccc2)CC1)N1CC(N2CC(N3Cc4ccccc4C3=O)C2)C1. The van der Waals surface area contributed by atoms with Crippen LogP contribution < -0.4 is 0 Å². The third kappa shape index (κ3) is 3.37. The highest BCUT2D eigenvalue weighted by Gasteiger charge is 2.45. The Morgan fingerprint density at radius 2 is 1.47 bits per heavy atom. The Morgan fingerprint density at radius 1 is 0.781 bits per heavy atom. The molecule has 2 aromatic carbocycles. The predicted molar refractivity (Wildman–Crippen MR) is 122 cm³/mol. The fourth-order valence-corrected chi connectivity index (χ4v) is 5.73. The molecule has 3 fully saturated rings. The van der Waals surface area contributed by atoms with E-state index in [9.17, 15) is 9.59 Å². The summed E-state index contributed by atoms with van der Waals surface area (Å²) in [5.41, 5.74) is 3.41. The number of carbonyl (C=O) groups is 2. The number of fused-ring (bicyclic) bond motifs is 1. The second kappa shape index (κ2) is 7.93. The minimum atomic E-state index is 0.176. The predicted octanol–water partition coefficient (Wildman–Crippen LogP) is 3.01. The lowest BCUT2D eigenvalue weighted by Gasteiger charge is -2.54. The van der Waals surface area contributed by atoms with Gasteiger partial charge < -0.3 is 14.7 Å². The molecule has 0 atom stereocenters. The maximum atomic E-state index is 12.9. The average molecular weight is 431 g/mol. The van der Waals surface area contributed by atoms with Crippen LogP contribution in [0.25, 0.3) is 0 Å². The van der Waals surface area contributed by atoms with Crippen LogP contribution in [-0.4, -0.2) is 82.9 Å². The molecule has 4 aliphatic rings. The molecule has 32 heavy (non-hydrogen) atoms. The summed E-state index contributed by atoms with van der Waals surface area (Å²) in [5.74, 6) is 0.747. The summed E-state index contributed by atoms with van der Waals surface area (Å²) in [6, 6.07) is 19.6. The molecule has 4 aliphatic heterocycles. The number of rotatable bonds is 3.